The van der Waals surface area contributed by atoms with E-state index in [9.17, 15) is 13.2 Å². The van der Waals surface area contributed by atoms with Crippen LogP contribution in [0.5, 0.6) is 5.75 Å². The van der Waals surface area contributed by atoms with Gasteiger partial charge >= 0.3 is 0 Å². The van der Waals surface area contributed by atoms with Crippen molar-refractivity contribution in [3.05, 3.63) is 70.3 Å². The first kappa shape index (κ1) is 35.8. The molecule has 5 aliphatic rings. The third-order valence-corrected chi connectivity index (χ3v) is 14.5. The van der Waals surface area contributed by atoms with Crippen LogP contribution >= 0.6 is 11.6 Å². The van der Waals surface area contributed by atoms with E-state index < -0.39 is 26.8 Å². The molecule has 0 aromatic heterocycles. The van der Waals surface area contributed by atoms with Gasteiger partial charge in [-0.2, -0.15) is 0 Å². The molecule has 3 heterocycles. The van der Waals surface area contributed by atoms with Crippen LogP contribution in [0.2, 0.25) is 5.02 Å². The topological polar surface area (TPSA) is 97.4 Å². The van der Waals surface area contributed by atoms with Crippen LogP contribution in [0.25, 0.3) is 0 Å². The van der Waals surface area contributed by atoms with Gasteiger partial charge in [0.15, 0.2) is 0 Å². The molecule has 1 N–H and O–H groups in total. The van der Waals surface area contributed by atoms with E-state index in [-0.39, 0.29) is 17.3 Å². The fraction of sp³-hybridized carbons (Fsp3) is 0.615. The SMILES string of the molecule is C[C@@H]1[C@@H](C)C/C=C\[C@](C)(OCCN2CCOCC2)[C@@H]2CC[C@H]2CN2C[C@@]3(CCCc4cc(Cl)ccc43)COc3ccc(cc32)C(=O)NS1(=O)=O. The molecule has 2 fully saturated rings. The van der Waals surface area contributed by atoms with Crippen molar-refractivity contribution in [2.24, 2.45) is 17.8 Å². The lowest BCUT2D eigenvalue weighted by Gasteiger charge is -2.50. The second-order valence-corrected chi connectivity index (χ2v) is 18.0. The summed E-state index contributed by atoms with van der Waals surface area (Å²) in [6, 6.07) is 11.6. The molecule has 2 aromatic carbocycles. The molecule has 2 aliphatic carbocycles. The Morgan fingerprint density at radius 2 is 1.92 bits per heavy atom. The van der Waals surface area contributed by atoms with Crippen LogP contribution in [0, 0.1) is 17.8 Å². The number of carbonyl (C=O) groups excluding carboxylic acids is 1. The van der Waals surface area contributed by atoms with Crippen LogP contribution in [-0.2, 0) is 31.3 Å². The van der Waals surface area contributed by atoms with Crippen LogP contribution in [0.4, 0.5) is 5.69 Å². The summed E-state index contributed by atoms with van der Waals surface area (Å²) >= 11 is 6.47. The number of ether oxygens (including phenoxy) is 3. The maximum absolute atomic E-state index is 13.6. The number of carbonyl (C=O) groups is 1. The number of amides is 1. The van der Waals surface area contributed by atoms with Crippen molar-refractivity contribution in [3.8, 4) is 5.75 Å². The number of benzene rings is 2. The molecular weight excluding hydrogens is 674 g/mol. The minimum atomic E-state index is -3.94. The number of sulfonamides is 1. The minimum absolute atomic E-state index is 0.209. The molecule has 2 bridgehead atoms. The fourth-order valence-electron chi connectivity index (χ4n) is 8.87. The second kappa shape index (κ2) is 14.4. The molecule has 0 radical (unpaired) electrons. The van der Waals surface area contributed by atoms with Gasteiger partial charge in [0.2, 0.25) is 10.0 Å². The molecule has 6 atom stereocenters. The third kappa shape index (κ3) is 7.20. The van der Waals surface area contributed by atoms with Gasteiger partial charge < -0.3 is 19.1 Å². The zero-order valence-corrected chi connectivity index (χ0v) is 31.2. The molecular formula is C39H52ClN3O6S. The number of nitrogens with one attached hydrogen (secondary N) is 1. The van der Waals surface area contributed by atoms with Gasteiger partial charge in [-0.3, -0.25) is 9.69 Å². The predicted octanol–water partition coefficient (Wildman–Crippen LogP) is 5.99. The lowest BCUT2D eigenvalue weighted by atomic mass is 9.64. The summed E-state index contributed by atoms with van der Waals surface area (Å²) in [5.41, 5.74) is 2.92. The maximum atomic E-state index is 13.6. The van der Waals surface area contributed by atoms with E-state index in [2.05, 4.69) is 45.7 Å². The number of hydrogen-bond donors (Lipinski definition) is 1. The van der Waals surface area contributed by atoms with Gasteiger partial charge in [-0.15, -0.1) is 0 Å². The number of halogens is 1. The van der Waals surface area contributed by atoms with Crippen molar-refractivity contribution in [1.29, 1.82) is 0 Å². The molecule has 9 nitrogen and oxygen atoms in total. The summed E-state index contributed by atoms with van der Waals surface area (Å²) in [5.74, 6) is 0.519. The Morgan fingerprint density at radius 3 is 2.70 bits per heavy atom. The normalized spacial score (nSPS) is 33.6. The van der Waals surface area contributed by atoms with Crippen molar-refractivity contribution < 1.29 is 27.4 Å². The Morgan fingerprint density at radius 1 is 1.10 bits per heavy atom. The molecule has 1 spiro atoms. The number of aryl methyl sites for hydroxylation is 1. The predicted molar refractivity (Wildman–Crippen MR) is 197 cm³/mol. The molecule has 11 heteroatoms. The summed E-state index contributed by atoms with van der Waals surface area (Å²) in [6.07, 6.45) is 10.00. The Bertz CT molecular complexity index is 1710. The van der Waals surface area contributed by atoms with E-state index >= 15 is 0 Å². The van der Waals surface area contributed by atoms with Crippen molar-refractivity contribution in [2.45, 2.75) is 75.6 Å². The van der Waals surface area contributed by atoms with Crippen LogP contribution in [0.15, 0.2) is 48.6 Å². The molecule has 1 saturated carbocycles. The highest BCUT2D eigenvalue weighted by molar-refractivity contribution is 7.90. The Hall–Kier alpha value is -2.63. The van der Waals surface area contributed by atoms with Crippen LogP contribution in [0.1, 0.15) is 74.4 Å². The van der Waals surface area contributed by atoms with E-state index in [1.807, 2.05) is 25.1 Å². The summed E-state index contributed by atoms with van der Waals surface area (Å²) in [6.45, 7) is 12.6. The summed E-state index contributed by atoms with van der Waals surface area (Å²) in [4.78, 5) is 18.4. The smallest absolute Gasteiger partial charge is 0.264 e. The molecule has 3 aliphatic heterocycles. The van der Waals surface area contributed by atoms with Crippen LogP contribution in [0.3, 0.4) is 0 Å². The zero-order chi connectivity index (χ0) is 35.1. The van der Waals surface area contributed by atoms with E-state index in [1.165, 1.54) is 11.1 Å². The van der Waals surface area contributed by atoms with E-state index in [1.54, 1.807) is 13.0 Å². The van der Waals surface area contributed by atoms with Crippen molar-refractivity contribution in [1.82, 2.24) is 9.62 Å². The molecule has 1 amide bonds. The summed E-state index contributed by atoms with van der Waals surface area (Å²) < 4.78 is 48.5. The Balaban J connectivity index is 1.26. The van der Waals surface area contributed by atoms with Crippen molar-refractivity contribution >= 4 is 33.2 Å². The van der Waals surface area contributed by atoms with Gasteiger partial charge in [0, 0.05) is 48.7 Å². The fourth-order valence-corrected chi connectivity index (χ4v) is 10.4. The number of rotatable bonds is 4. The highest BCUT2D eigenvalue weighted by Gasteiger charge is 2.47. The van der Waals surface area contributed by atoms with Gasteiger partial charge in [0.1, 0.15) is 5.75 Å². The molecule has 7 rings (SSSR count). The van der Waals surface area contributed by atoms with Gasteiger partial charge in [-0.05, 0) is 112 Å². The zero-order valence-electron chi connectivity index (χ0n) is 29.7. The van der Waals surface area contributed by atoms with Gasteiger partial charge in [0.25, 0.3) is 5.91 Å². The van der Waals surface area contributed by atoms with Crippen molar-refractivity contribution in [2.75, 3.05) is 64.1 Å². The highest BCUT2D eigenvalue weighted by Crippen LogP contribution is 2.49. The van der Waals surface area contributed by atoms with E-state index in [4.69, 9.17) is 25.8 Å². The average Bonchev–Trinajstić information content (AvgIpc) is 3.22. The number of hydrogen-bond acceptors (Lipinski definition) is 8. The average molecular weight is 726 g/mol. The first-order valence-corrected chi connectivity index (χ1v) is 20.4. The minimum Gasteiger partial charge on any atom is -0.490 e. The summed E-state index contributed by atoms with van der Waals surface area (Å²) in [5, 5.41) is -0.0226. The Labute approximate surface area is 302 Å². The largest absolute Gasteiger partial charge is 0.490 e. The van der Waals surface area contributed by atoms with Gasteiger partial charge in [0.05, 0.1) is 43.0 Å². The van der Waals surface area contributed by atoms with E-state index in [0.29, 0.717) is 36.9 Å². The third-order valence-electron chi connectivity index (χ3n) is 12.3. The number of fused-ring (bicyclic) bond motifs is 4. The number of anilines is 1. The standard InChI is InChI=1S/C39H52ClN3O6S/c1-27-6-4-14-38(3,49-21-18-42-16-19-47-20-17-42)33-11-8-31(33)24-43-25-39(15-5-7-29-22-32(40)10-12-34(29)39)26-48-36-13-9-30(23-35(36)43)37(44)41-50(45,46)28(27)2/h4,9-10,12-14,22-23,27-28,31,33H,5-8,11,15-21,24-26H2,1-3H3,(H,41,44)/b14-4-/t27-,28+,31-,33+,38-,39-/m0/s1. The van der Waals surface area contributed by atoms with Crippen molar-refractivity contribution in [3.63, 3.8) is 0 Å². The monoisotopic (exact) mass is 725 g/mol. The lowest BCUT2D eigenvalue weighted by Crippen LogP contribution is -2.52. The Kier molecular flexibility index (Phi) is 10.3. The van der Waals surface area contributed by atoms with E-state index in [0.717, 1.165) is 88.8 Å². The van der Waals surface area contributed by atoms with Crippen LogP contribution < -0.4 is 14.4 Å². The van der Waals surface area contributed by atoms with Gasteiger partial charge in [-0.1, -0.05) is 36.7 Å². The number of nitrogens with zero attached hydrogens (tertiary/aromatic N) is 2. The molecule has 50 heavy (non-hydrogen) atoms. The first-order valence-electron chi connectivity index (χ1n) is 18.4. The van der Waals surface area contributed by atoms with Gasteiger partial charge in [-0.25, -0.2) is 13.1 Å². The highest BCUT2D eigenvalue weighted by atomic mass is 35.5. The quantitative estimate of drug-likeness (QED) is 0.384. The van der Waals surface area contributed by atoms with Crippen LogP contribution in [-0.4, -0.2) is 89.2 Å². The lowest BCUT2D eigenvalue weighted by molar-refractivity contribution is -0.0937. The molecule has 0 unspecified atom stereocenters. The second-order valence-electron chi connectivity index (χ2n) is 15.5. The number of allylic oxidation sites excluding steroid dienone is 1. The number of morpholine rings is 1. The molecule has 1 saturated heterocycles. The molecule has 2 aromatic rings. The first-order chi connectivity index (χ1) is 24.0. The summed E-state index contributed by atoms with van der Waals surface area (Å²) in [7, 11) is -3.94. The maximum Gasteiger partial charge on any atom is 0.264 e. The molecule has 272 valence electrons.